The molecule has 140 valence electrons. The molecule has 2 rings (SSSR count). The fourth-order valence-corrected chi connectivity index (χ4v) is 3.38. The lowest BCUT2D eigenvalue weighted by Gasteiger charge is -2.37. The van der Waals surface area contributed by atoms with Crippen LogP contribution in [0, 0.1) is 0 Å². The molecule has 1 heterocycles. The summed E-state index contributed by atoms with van der Waals surface area (Å²) in [6.07, 6.45) is 2.20. The van der Waals surface area contributed by atoms with E-state index in [2.05, 4.69) is 24.1 Å². The van der Waals surface area contributed by atoms with E-state index in [0.717, 1.165) is 25.8 Å². The number of benzene rings is 1. The van der Waals surface area contributed by atoms with Crippen molar-refractivity contribution in [3.05, 3.63) is 23.8 Å². The number of rotatable bonds is 7. The summed E-state index contributed by atoms with van der Waals surface area (Å²) in [7, 11) is 3.13. The summed E-state index contributed by atoms with van der Waals surface area (Å²) >= 11 is 0. The Morgan fingerprint density at radius 2 is 2.08 bits per heavy atom. The first kappa shape index (κ1) is 19.5. The average molecular weight is 350 g/mol. The average Bonchev–Trinajstić information content (AvgIpc) is 2.65. The largest absolute Gasteiger partial charge is 0.497 e. The van der Waals surface area contributed by atoms with Crippen molar-refractivity contribution in [1.82, 2.24) is 10.2 Å². The van der Waals surface area contributed by atoms with Gasteiger partial charge >= 0.3 is 0 Å². The smallest absolute Gasteiger partial charge is 0.237 e. The van der Waals surface area contributed by atoms with E-state index in [1.54, 1.807) is 32.4 Å². The predicted molar refractivity (Wildman–Crippen MR) is 97.0 cm³/mol. The van der Waals surface area contributed by atoms with Gasteiger partial charge in [-0.05, 0) is 51.4 Å². The zero-order chi connectivity index (χ0) is 18.4. The molecule has 1 aliphatic heterocycles. The molecule has 25 heavy (non-hydrogen) atoms. The van der Waals surface area contributed by atoms with Gasteiger partial charge in [0.1, 0.15) is 11.5 Å². The second kappa shape index (κ2) is 9.06. The molecule has 0 saturated carbocycles. The van der Waals surface area contributed by atoms with Crippen molar-refractivity contribution in [3.63, 3.8) is 0 Å². The summed E-state index contributed by atoms with van der Waals surface area (Å²) in [6.45, 7) is 5.32. The zero-order valence-corrected chi connectivity index (χ0v) is 15.6. The molecule has 1 aromatic rings. The van der Waals surface area contributed by atoms with Gasteiger partial charge in [0.15, 0.2) is 0 Å². The Labute approximate surface area is 150 Å². The van der Waals surface area contributed by atoms with Crippen LogP contribution in [0.2, 0.25) is 0 Å². The maximum absolute atomic E-state index is 12.6. The molecule has 0 aliphatic carbocycles. The Morgan fingerprint density at radius 1 is 1.32 bits per heavy atom. The Balaban J connectivity index is 2.01. The molecule has 2 N–H and O–H groups in total. The van der Waals surface area contributed by atoms with Gasteiger partial charge in [-0.2, -0.15) is 0 Å². The first-order valence-corrected chi connectivity index (χ1v) is 8.91. The molecule has 2 atom stereocenters. The first-order valence-electron chi connectivity index (χ1n) is 8.91. The third-order valence-corrected chi connectivity index (χ3v) is 4.78. The minimum atomic E-state index is -0.856. The number of aliphatic hydroxyl groups is 1. The highest BCUT2D eigenvalue weighted by atomic mass is 16.5. The highest BCUT2D eigenvalue weighted by molar-refractivity contribution is 5.81. The van der Waals surface area contributed by atoms with Crippen molar-refractivity contribution < 1.29 is 19.4 Å². The minimum Gasteiger partial charge on any atom is -0.497 e. The Morgan fingerprint density at radius 3 is 2.72 bits per heavy atom. The summed E-state index contributed by atoms with van der Waals surface area (Å²) < 4.78 is 10.5. The van der Waals surface area contributed by atoms with Gasteiger partial charge in [-0.1, -0.05) is 6.42 Å². The van der Waals surface area contributed by atoms with Crippen molar-refractivity contribution in [2.75, 3.05) is 27.3 Å². The Kier molecular flexibility index (Phi) is 7.08. The van der Waals surface area contributed by atoms with Crippen molar-refractivity contribution in [1.29, 1.82) is 0 Å². The predicted octanol–water partition coefficient (Wildman–Crippen LogP) is 2.12. The lowest BCUT2D eigenvalue weighted by Crippen LogP contribution is -2.52. The van der Waals surface area contributed by atoms with Crippen LogP contribution in [0.15, 0.2) is 18.2 Å². The number of amides is 1. The van der Waals surface area contributed by atoms with E-state index in [-0.39, 0.29) is 18.5 Å². The number of carbonyl (C=O) groups excluding carboxylic acids is 1. The summed E-state index contributed by atoms with van der Waals surface area (Å²) in [5.74, 6) is 1.19. The number of carbonyl (C=O) groups is 1. The zero-order valence-electron chi connectivity index (χ0n) is 15.6. The molecule has 1 saturated heterocycles. The lowest BCUT2D eigenvalue weighted by molar-refractivity contribution is -0.129. The second-order valence-electron chi connectivity index (χ2n) is 6.71. The SMILES string of the molecule is COc1ccc(OC)c(C(O)CNC(=O)C2CCCCN2C(C)C)c1. The van der Waals surface area contributed by atoms with Crippen molar-refractivity contribution >= 4 is 5.91 Å². The molecular weight excluding hydrogens is 320 g/mol. The number of nitrogens with one attached hydrogen (secondary N) is 1. The topological polar surface area (TPSA) is 71.0 Å². The molecule has 1 aliphatic rings. The molecule has 0 aromatic heterocycles. The van der Waals surface area contributed by atoms with E-state index in [1.165, 1.54) is 0 Å². The van der Waals surface area contributed by atoms with Crippen LogP contribution in [-0.4, -0.2) is 55.3 Å². The van der Waals surface area contributed by atoms with Gasteiger partial charge < -0.3 is 19.9 Å². The lowest BCUT2D eigenvalue weighted by atomic mass is 9.99. The van der Waals surface area contributed by atoms with Crippen LogP contribution >= 0.6 is 0 Å². The van der Waals surface area contributed by atoms with Gasteiger partial charge in [0.25, 0.3) is 0 Å². The molecule has 0 radical (unpaired) electrons. The second-order valence-corrected chi connectivity index (χ2v) is 6.71. The highest BCUT2D eigenvalue weighted by Gasteiger charge is 2.30. The van der Waals surface area contributed by atoms with Crippen molar-refractivity contribution in [2.45, 2.75) is 51.3 Å². The molecule has 0 bridgehead atoms. The third-order valence-electron chi connectivity index (χ3n) is 4.78. The molecule has 0 spiro atoms. The summed E-state index contributed by atoms with van der Waals surface area (Å²) in [5, 5.41) is 13.4. The fourth-order valence-electron chi connectivity index (χ4n) is 3.38. The maximum atomic E-state index is 12.6. The maximum Gasteiger partial charge on any atom is 0.237 e. The quantitative estimate of drug-likeness (QED) is 0.788. The van der Waals surface area contributed by atoms with Crippen LogP contribution < -0.4 is 14.8 Å². The van der Waals surface area contributed by atoms with Gasteiger partial charge in [-0.15, -0.1) is 0 Å². The van der Waals surface area contributed by atoms with Gasteiger partial charge in [0.05, 0.1) is 26.4 Å². The Hall–Kier alpha value is -1.79. The molecule has 1 amide bonds. The van der Waals surface area contributed by atoms with Crippen LogP contribution in [0.5, 0.6) is 11.5 Å². The third kappa shape index (κ3) is 4.86. The van der Waals surface area contributed by atoms with E-state index in [9.17, 15) is 9.90 Å². The van der Waals surface area contributed by atoms with Gasteiger partial charge in [0, 0.05) is 18.2 Å². The number of hydrogen-bond donors (Lipinski definition) is 2. The summed E-state index contributed by atoms with van der Waals surface area (Å²) in [4.78, 5) is 14.8. The number of ether oxygens (including phenoxy) is 2. The number of likely N-dealkylation sites (tertiary alicyclic amines) is 1. The van der Waals surface area contributed by atoms with Crippen LogP contribution in [0.1, 0.15) is 44.8 Å². The standard InChI is InChI=1S/C19H30N2O4/c1-13(2)21-10-6-5-7-16(21)19(23)20-12-17(22)15-11-14(24-3)8-9-18(15)25-4/h8-9,11,13,16-17,22H,5-7,10,12H2,1-4H3,(H,20,23). The van der Waals surface area contributed by atoms with E-state index >= 15 is 0 Å². The first-order chi connectivity index (χ1) is 12.0. The van der Waals surface area contributed by atoms with Crippen molar-refractivity contribution in [2.24, 2.45) is 0 Å². The molecule has 6 heteroatoms. The van der Waals surface area contributed by atoms with Crippen LogP contribution in [0.25, 0.3) is 0 Å². The van der Waals surface area contributed by atoms with E-state index in [1.807, 2.05) is 0 Å². The molecular formula is C19H30N2O4. The van der Waals surface area contributed by atoms with Gasteiger partial charge in [-0.25, -0.2) is 0 Å². The fraction of sp³-hybridized carbons (Fsp3) is 0.632. The number of nitrogens with zero attached hydrogens (tertiary/aromatic N) is 1. The monoisotopic (exact) mass is 350 g/mol. The minimum absolute atomic E-state index is 0.0192. The van der Waals surface area contributed by atoms with Crippen LogP contribution in [0.3, 0.4) is 0 Å². The molecule has 1 aromatic carbocycles. The van der Waals surface area contributed by atoms with Gasteiger partial charge in [-0.3, -0.25) is 9.69 Å². The normalized spacial score (nSPS) is 19.5. The van der Waals surface area contributed by atoms with Crippen molar-refractivity contribution in [3.8, 4) is 11.5 Å². The number of aliphatic hydroxyl groups excluding tert-OH is 1. The molecule has 2 unspecified atom stereocenters. The number of methoxy groups -OCH3 is 2. The highest BCUT2D eigenvalue weighted by Crippen LogP contribution is 2.29. The summed E-state index contributed by atoms with van der Waals surface area (Å²) in [6, 6.07) is 5.47. The Bertz CT molecular complexity index is 577. The van der Waals surface area contributed by atoms with Crippen LogP contribution in [0.4, 0.5) is 0 Å². The van der Waals surface area contributed by atoms with E-state index in [4.69, 9.17) is 9.47 Å². The van der Waals surface area contributed by atoms with E-state index < -0.39 is 6.10 Å². The number of piperidine rings is 1. The van der Waals surface area contributed by atoms with Gasteiger partial charge in [0.2, 0.25) is 5.91 Å². The van der Waals surface area contributed by atoms with E-state index in [0.29, 0.717) is 23.1 Å². The van der Waals surface area contributed by atoms with Crippen LogP contribution in [-0.2, 0) is 4.79 Å². The number of hydrogen-bond acceptors (Lipinski definition) is 5. The molecule has 6 nitrogen and oxygen atoms in total. The molecule has 1 fully saturated rings. The summed E-state index contributed by atoms with van der Waals surface area (Å²) in [5.41, 5.74) is 0.603.